The molecule has 2 rings (SSSR count). The predicted molar refractivity (Wildman–Crippen MR) is 68.6 cm³/mol. The van der Waals surface area contributed by atoms with Crippen LogP contribution in [0.3, 0.4) is 0 Å². The summed E-state index contributed by atoms with van der Waals surface area (Å²) in [5.74, 6) is 0.454. The molecule has 4 nitrogen and oxygen atoms in total. The van der Waals surface area contributed by atoms with Crippen molar-refractivity contribution in [3.8, 4) is 0 Å². The first-order valence-corrected chi connectivity index (χ1v) is 5.66. The van der Waals surface area contributed by atoms with Crippen molar-refractivity contribution in [3.63, 3.8) is 0 Å². The summed E-state index contributed by atoms with van der Waals surface area (Å²) in [5, 5.41) is 2.97. The van der Waals surface area contributed by atoms with E-state index in [1.807, 2.05) is 6.92 Å². The lowest BCUT2D eigenvalue weighted by atomic mass is 10.2. The predicted octanol–water partition coefficient (Wildman–Crippen LogP) is 3.01. The second-order valence-electron chi connectivity index (χ2n) is 3.54. The SMILES string of the molecule is Cc1cc(Br)c(F)cc1Nc1cncc(N)n1. The maximum absolute atomic E-state index is 13.4. The van der Waals surface area contributed by atoms with Crippen LogP contribution in [-0.4, -0.2) is 9.97 Å². The summed E-state index contributed by atoms with van der Waals surface area (Å²) in [6.45, 7) is 1.87. The van der Waals surface area contributed by atoms with Gasteiger partial charge in [-0.05, 0) is 40.5 Å². The lowest BCUT2D eigenvalue weighted by molar-refractivity contribution is 0.621. The lowest BCUT2D eigenvalue weighted by Gasteiger charge is -2.09. The highest BCUT2D eigenvalue weighted by Gasteiger charge is 2.06. The van der Waals surface area contributed by atoms with Gasteiger partial charge in [0.05, 0.1) is 16.9 Å². The number of nitrogens with zero attached hydrogens (tertiary/aromatic N) is 2. The monoisotopic (exact) mass is 296 g/mol. The van der Waals surface area contributed by atoms with Gasteiger partial charge in [-0.15, -0.1) is 0 Å². The highest BCUT2D eigenvalue weighted by Crippen LogP contribution is 2.25. The van der Waals surface area contributed by atoms with E-state index in [4.69, 9.17) is 5.73 Å². The zero-order valence-electron chi connectivity index (χ0n) is 9.04. The van der Waals surface area contributed by atoms with Crippen LogP contribution in [-0.2, 0) is 0 Å². The van der Waals surface area contributed by atoms with Gasteiger partial charge in [-0.3, -0.25) is 4.98 Å². The normalized spacial score (nSPS) is 10.3. The first-order chi connectivity index (χ1) is 8.06. The minimum absolute atomic E-state index is 0.310. The van der Waals surface area contributed by atoms with Crippen molar-refractivity contribution in [1.29, 1.82) is 0 Å². The van der Waals surface area contributed by atoms with Gasteiger partial charge in [-0.25, -0.2) is 9.37 Å². The zero-order valence-corrected chi connectivity index (χ0v) is 10.6. The fourth-order valence-electron chi connectivity index (χ4n) is 1.36. The fraction of sp³-hybridized carbons (Fsp3) is 0.0909. The van der Waals surface area contributed by atoms with E-state index in [1.54, 1.807) is 6.07 Å². The summed E-state index contributed by atoms with van der Waals surface area (Å²) in [6, 6.07) is 3.08. The van der Waals surface area contributed by atoms with Crippen LogP contribution in [0.5, 0.6) is 0 Å². The molecule has 88 valence electrons. The van der Waals surface area contributed by atoms with Crippen molar-refractivity contribution in [2.24, 2.45) is 0 Å². The van der Waals surface area contributed by atoms with Crippen LogP contribution in [0.25, 0.3) is 0 Å². The Labute approximate surface area is 106 Å². The Morgan fingerprint density at radius 1 is 1.35 bits per heavy atom. The summed E-state index contributed by atoms with van der Waals surface area (Å²) in [5.41, 5.74) is 7.03. The van der Waals surface area contributed by atoms with Gasteiger partial charge in [0, 0.05) is 5.69 Å². The van der Waals surface area contributed by atoms with Crippen LogP contribution in [0.15, 0.2) is 29.0 Å². The van der Waals surface area contributed by atoms with E-state index in [0.717, 1.165) is 5.56 Å². The molecule has 0 saturated carbocycles. The summed E-state index contributed by atoms with van der Waals surface area (Å²) >= 11 is 3.13. The molecule has 0 amide bonds. The summed E-state index contributed by atoms with van der Waals surface area (Å²) in [7, 11) is 0. The van der Waals surface area contributed by atoms with E-state index in [-0.39, 0.29) is 5.82 Å². The Morgan fingerprint density at radius 3 is 2.82 bits per heavy atom. The molecule has 6 heteroatoms. The molecule has 1 heterocycles. The van der Waals surface area contributed by atoms with Crippen LogP contribution in [0.4, 0.5) is 21.7 Å². The number of hydrogen-bond donors (Lipinski definition) is 2. The van der Waals surface area contributed by atoms with Crippen LogP contribution >= 0.6 is 15.9 Å². The zero-order chi connectivity index (χ0) is 12.4. The second kappa shape index (κ2) is 4.67. The molecule has 1 aromatic heterocycles. The van der Waals surface area contributed by atoms with Crippen molar-refractivity contribution in [1.82, 2.24) is 9.97 Å². The Balaban J connectivity index is 2.33. The number of nitrogens with one attached hydrogen (secondary N) is 1. The van der Waals surface area contributed by atoms with Gasteiger partial charge in [-0.2, -0.15) is 0 Å². The van der Waals surface area contributed by atoms with Gasteiger partial charge in [-0.1, -0.05) is 0 Å². The number of rotatable bonds is 2. The molecule has 0 bridgehead atoms. The van der Waals surface area contributed by atoms with Gasteiger partial charge in [0.1, 0.15) is 11.6 Å². The van der Waals surface area contributed by atoms with Gasteiger partial charge >= 0.3 is 0 Å². The molecule has 3 N–H and O–H groups in total. The van der Waals surface area contributed by atoms with Crippen molar-refractivity contribution >= 4 is 33.3 Å². The largest absolute Gasteiger partial charge is 0.382 e. The third-order valence-corrected chi connectivity index (χ3v) is 2.79. The molecule has 17 heavy (non-hydrogen) atoms. The maximum Gasteiger partial charge on any atom is 0.151 e. The third kappa shape index (κ3) is 2.71. The van der Waals surface area contributed by atoms with E-state index >= 15 is 0 Å². The standard InChI is InChI=1S/C11H10BrFN4/c1-6-2-7(12)8(13)3-9(6)16-11-5-15-4-10(14)17-11/h2-5H,1H3,(H3,14,16,17). The van der Waals surface area contributed by atoms with E-state index in [1.165, 1.54) is 18.5 Å². The lowest BCUT2D eigenvalue weighted by Crippen LogP contribution is -2.00. The first kappa shape index (κ1) is 11.8. The molecule has 0 spiro atoms. The van der Waals surface area contributed by atoms with Crippen LogP contribution < -0.4 is 11.1 Å². The smallest absolute Gasteiger partial charge is 0.151 e. The Kier molecular flexibility index (Phi) is 3.23. The molecular formula is C11H10BrFN4. The summed E-state index contributed by atoms with van der Waals surface area (Å²) in [6.07, 6.45) is 2.97. The van der Waals surface area contributed by atoms with Crippen molar-refractivity contribution in [3.05, 3.63) is 40.4 Å². The Hall–Kier alpha value is -1.69. The number of halogens is 2. The van der Waals surface area contributed by atoms with Crippen molar-refractivity contribution in [2.75, 3.05) is 11.1 Å². The number of nitrogen functional groups attached to an aromatic ring is 1. The maximum atomic E-state index is 13.4. The molecule has 0 fully saturated rings. The van der Waals surface area contributed by atoms with Crippen LogP contribution in [0.2, 0.25) is 0 Å². The van der Waals surface area contributed by atoms with Crippen LogP contribution in [0, 0.1) is 12.7 Å². The quantitative estimate of drug-likeness (QED) is 0.894. The molecule has 0 atom stereocenters. The van der Waals surface area contributed by atoms with Gasteiger partial charge in [0.15, 0.2) is 5.82 Å². The number of aromatic nitrogens is 2. The third-order valence-electron chi connectivity index (χ3n) is 2.18. The molecule has 0 radical (unpaired) electrons. The van der Waals surface area contributed by atoms with Gasteiger partial charge in [0.25, 0.3) is 0 Å². The summed E-state index contributed by atoms with van der Waals surface area (Å²) in [4.78, 5) is 7.93. The highest BCUT2D eigenvalue weighted by atomic mass is 79.9. The Morgan fingerprint density at radius 2 is 2.12 bits per heavy atom. The number of hydrogen-bond acceptors (Lipinski definition) is 4. The molecule has 2 aromatic rings. The fourth-order valence-corrected chi connectivity index (χ4v) is 1.82. The molecule has 1 aromatic carbocycles. The van der Waals surface area contributed by atoms with Crippen molar-refractivity contribution in [2.45, 2.75) is 6.92 Å². The molecule has 0 aliphatic rings. The average molecular weight is 297 g/mol. The first-order valence-electron chi connectivity index (χ1n) is 4.86. The highest BCUT2D eigenvalue weighted by molar-refractivity contribution is 9.10. The Bertz CT molecular complexity index is 559. The topological polar surface area (TPSA) is 63.8 Å². The molecule has 0 saturated heterocycles. The van der Waals surface area contributed by atoms with Crippen molar-refractivity contribution < 1.29 is 4.39 Å². The minimum Gasteiger partial charge on any atom is -0.382 e. The second-order valence-corrected chi connectivity index (χ2v) is 4.39. The van der Waals surface area contributed by atoms with E-state index in [0.29, 0.717) is 21.8 Å². The van der Waals surface area contributed by atoms with E-state index in [9.17, 15) is 4.39 Å². The van der Waals surface area contributed by atoms with Crippen LogP contribution in [0.1, 0.15) is 5.56 Å². The number of benzene rings is 1. The number of anilines is 3. The number of aryl methyl sites for hydroxylation is 1. The van der Waals surface area contributed by atoms with E-state index < -0.39 is 0 Å². The van der Waals surface area contributed by atoms with Gasteiger partial charge < -0.3 is 11.1 Å². The van der Waals surface area contributed by atoms with E-state index in [2.05, 4.69) is 31.2 Å². The summed E-state index contributed by atoms with van der Waals surface area (Å²) < 4.78 is 13.8. The number of nitrogens with two attached hydrogens (primary N) is 1. The van der Waals surface area contributed by atoms with Gasteiger partial charge in [0.2, 0.25) is 0 Å². The molecular weight excluding hydrogens is 287 g/mol. The molecule has 0 aliphatic heterocycles. The molecule has 0 unspecified atom stereocenters. The minimum atomic E-state index is -0.338. The average Bonchev–Trinajstić information content (AvgIpc) is 2.26. The molecule has 0 aliphatic carbocycles.